The Morgan fingerprint density at radius 1 is 0.889 bits per heavy atom. The smallest absolute Gasteiger partial charge is 0.168 e. The fraction of sp³-hybridized carbons (Fsp3) is 0. The summed E-state index contributed by atoms with van der Waals surface area (Å²) < 4.78 is 15.5. The van der Waals surface area contributed by atoms with E-state index in [4.69, 9.17) is 12.2 Å². The number of pyridine rings is 1. The maximum absolute atomic E-state index is 13.3. The average molecular weight is 392 g/mol. The highest BCUT2D eigenvalue weighted by atomic mass is 32.2. The summed E-state index contributed by atoms with van der Waals surface area (Å²) in [5, 5.41) is 8.60. The van der Waals surface area contributed by atoms with Crippen molar-refractivity contribution in [1.82, 2.24) is 20.0 Å². The van der Waals surface area contributed by atoms with Crippen molar-refractivity contribution in [3.05, 3.63) is 84.9 Å². The average Bonchev–Trinajstić information content (AvgIpc) is 3.15. The van der Waals surface area contributed by atoms with Crippen molar-refractivity contribution < 1.29 is 4.39 Å². The highest BCUT2D eigenvalue weighted by Gasteiger charge is 2.19. The minimum Gasteiger partial charge on any atom is -0.265 e. The quantitative estimate of drug-likeness (QED) is 0.360. The number of rotatable bonds is 3. The summed E-state index contributed by atoms with van der Waals surface area (Å²) in [6.07, 6.45) is 3.41. The molecule has 0 unspecified atom stereocenters. The molecule has 2 aromatic carbocycles. The Morgan fingerprint density at radius 2 is 1.59 bits per heavy atom. The summed E-state index contributed by atoms with van der Waals surface area (Å²) in [7, 11) is 0. The molecule has 27 heavy (non-hydrogen) atoms. The summed E-state index contributed by atoms with van der Waals surface area (Å²) in [5.74, 6) is -0.299. The molecule has 0 N–H and O–H groups in total. The minimum atomic E-state index is -0.299. The summed E-state index contributed by atoms with van der Waals surface area (Å²) in [4.78, 5) is 5.09. The lowest BCUT2D eigenvalue weighted by atomic mass is 10.1. The molecule has 0 aliphatic rings. The van der Waals surface area contributed by atoms with E-state index in [1.807, 2.05) is 42.5 Å². The molecule has 0 amide bonds. The number of nitrogens with zero attached hydrogens (tertiary/aromatic N) is 4. The fourth-order valence-corrected chi connectivity index (χ4v) is 3.74. The monoisotopic (exact) mass is 392 g/mol. The second-order valence-corrected chi connectivity index (χ2v) is 7.33. The molecule has 0 aliphatic carbocycles. The van der Waals surface area contributed by atoms with Gasteiger partial charge >= 0.3 is 0 Å². The molecule has 2 heterocycles. The molecule has 0 radical (unpaired) electrons. The summed E-state index contributed by atoms with van der Waals surface area (Å²) in [6, 6.07) is 19.8. The Balaban J connectivity index is 1.80. The van der Waals surface area contributed by atoms with E-state index >= 15 is 0 Å². The van der Waals surface area contributed by atoms with Crippen molar-refractivity contribution in [3.63, 3.8) is 0 Å². The van der Waals surface area contributed by atoms with Crippen LogP contribution < -0.4 is 0 Å². The van der Waals surface area contributed by atoms with Crippen LogP contribution in [0.15, 0.2) is 84.0 Å². The van der Waals surface area contributed by atoms with Crippen molar-refractivity contribution in [2.45, 2.75) is 4.90 Å². The lowest BCUT2D eigenvalue weighted by Crippen LogP contribution is -2.09. The third kappa shape index (κ3) is 3.79. The van der Waals surface area contributed by atoms with Crippen molar-refractivity contribution in [3.8, 4) is 22.5 Å². The van der Waals surface area contributed by atoms with Gasteiger partial charge in [-0.05, 0) is 60.7 Å². The second kappa shape index (κ2) is 7.77. The standard InChI is InChI=1S/C20H13FN4S2/c21-16-8-6-14(7-9-16)18-19(15-10-12-22-13-11-15)25(24-23-18)20(26)27-17-4-2-1-3-5-17/h1-13H. The van der Waals surface area contributed by atoms with Crippen LogP contribution in [0.4, 0.5) is 4.39 Å². The van der Waals surface area contributed by atoms with Crippen LogP contribution in [0.5, 0.6) is 0 Å². The molecule has 2 aromatic heterocycles. The first-order chi connectivity index (χ1) is 13.2. The molecule has 0 fully saturated rings. The first-order valence-electron chi connectivity index (χ1n) is 8.11. The predicted molar refractivity (Wildman–Crippen MR) is 109 cm³/mol. The molecule has 4 nitrogen and oxygen atoms in total. The van der Waals surface area contributed by atoms with Gasteiger partial charge in [0.05, 0.1) is 0 Å². The molecule has 4 aromatic rings. The molecule has 132 valence electrons. The van der Waals surface area contributed by atoms with E-state index in [0.29, 0.717) is 10.0 Å². The maximum atomic E-state index is 13.3. The van der Waals surface area contributed by atoms with Crippen LogP contribution in [0.25, 0.3) is 22.5 Å². The van der Waals surface area contributed by atoms with E-state index in [9.17, 15) is 4.39 Å². The first kappa shape index (κ1) is 17.5. The SMILES string of the molecule is Fc1ccc(-c2nnn(C(=S)Sc3ccccc3)c2-c2ccncc2)cc1. The van der Waals surface area contributed by atoms with Crippen LogP contribution in [0.2, 0.25) is 0 Å². The van der Waals surface area contributed by atoms with E-state index in [1.54, 1.807) is 29.2 Å². The molecule has 0 saturated heterocycles. The van der Waals surface area contributed by atoms with Crippen molar-refractivity contribution in [2.24, 2.45) is 0 Å². The van der Waals surface area contributed by atoms with Gasteiger partial charge < -0.3 is 0 Å². The van der Waals surface area contributed by atoms with Crippen molar-refractivity contribution in [1.29, 1.82) is 0 Å². The van der Waals surface area contributed by atoms with Crippen molar-refractivity contribution >= 4 is 28.3 Å². The Bertz CT molecular complexity index is 1060. The third-order valence-electron chi connectivity index (χ3n) is 3.86. The zero-order valence-corrected chi connectivity index (χ0v) is 15.6. The number of benzene rings is 2. The van der Waals surface area contributed by atoms with Crippen LogP contribution >= 0.6 is 24.0 Å². The zero-order chi connectivity index (χ0) is 18.6. The number of thiocarbonyl (C=S) groups is 1. The number of hydrogen-bond donors (Lipinski definition) is 0. The first-order valence-corrected chi connectivity index (χ1v) is 9.34. The summed E-state index contributed by atoms with van der Waals surface area (Å²) in [5.41, 5.74) is 3.03. The van der Waals surface area contributed by atoms with Crippen LogP contribution in [-0.4, -0.2) is 24.3 Å². The molecule has 0 atom stereocenters. The number of halogens is 1. The highest BCUT2D eigenvalue weighted by molar-refractivity contribution is 8.23. The van der Waals surface area contributed by atoms with Crippen LogP contribution in [-0.2, 0) is 0 Å². The molecule has 7 heteroatoms. The van der Waals surface area contributed by atoms with Gasteiger partial charge in [0, 0.05) is 28.4 Å². The van der Waals surface area contributed by atoms with Crippen LogP contribution in [0, 0.1) is 5.82 Å². The summed E-state index contributed by atoms with van der Waals surface area (Å²) in [6.45, 7) is 0. The summed E-state index contributed by atoms with van der Waals surface area (Å²) >= 11 is 7.05. The molecule has 0 aliphatic heterocycles. The molecule has 4 rings (SSSR count). The Labute approximate surface area is 165 Å². The van der Waals surface area contributed by atoms with Gasteiger partial charge in [0.1, 0.15) is 17.2 Å². The van der Waals surface area contributed by atoms with Gasteiger partial charge in [-0.25, -0.2) is 4.39 Å². The van der Waals surface area contributed by atoms with Gasteiger partial charge in [-0.1, -0.05) is 35.2 Å². The maximum Gasteiger partial charge on any atom is 0.168 e. The fourth-order valence-electron chi connectivity index (χ4n) is 2.61. The molecule has 0 bridgehead atoms. The van der Waals surface area contributed by atoms with Gasteiger partial charge in [-0.2, -0.15) is 4.68 Å². The predicted octanol–water partition coefficient (Wildman–Crippen LogP) is 5.07. The molecular weight excluding hydrogens is 379 g/mol. The van der Waals surface area contributed by atoms with E-state index in [-0.39, 0.29) is 5.82 Å². The molecule has 0 spiro atoms. The lowest BCUT2D eigenvalue weighted by Gasteiger charge is -2.09. The van der Waals surface area contributed by atoms with Gasteiger partial charge in [0.15, 0.2) is 4.32 Å². The minimum absolute atomic E-state index is 0.299. The third-order valence-corrected chi connectivity index (χ3v) is 5.14. The second-order valence-electron chi connectivity index (χ2n) is 5.62. The Hall–Kier alpha value is -2.90. The topological polar surface area (TPSA) is 43.6 Å². The van der Waals surface area contributed by atoms with Gasteiger partial charge in [0.25, 0.3) is 0 Å². The normalized spacial score (nSPS) is 10.7. The highest BCUT2D eigenvalue weighted by Crippen LogP contribution is 2.32. The molecule has 0 saturated carbocycles. The molecular formula is C20H13FN4S2. The largest absolute Gasteiger partial charge is 0.265 e. The van der Waals surface area contributed by atoms with Gasteiger partial charge in [0.2, 0.25) is 0 Å². The van der Waals surface area contributed by atoms with E-state index in [0.717, 1.165) is 21.7 Å². The van der Waals surface area contributed by atoms with Crippen LogP contribution in [0.3, 0.4) is 0 Å². The van der Waals surface area contributed by atoms with E-state index in [1.165, 1.54) is 23.9 Å². The number of aromatic nitrogens is 4. The van der Waals surface area contributed by atoms with E-state index < -0.39 is 0 Å². The van der Waals surface area contributed by atoms with Gasteiger partial charge in [-0.3, -0.25) is 4.98 Å². The Kier molecular flexibility index (Phi) is 5.04. The Morgan fingerprint density at radius 3 is 2.30 bits per heavy atom. The van der Waals surface area contributed by atoms with Crippen molar-refractivity contribution in [2.75, 3.05) is 0 Å². The number of thioether (sulfide) groups is 1. The lowest BCUT2D eigenvalue weighted by molar-refractivity contribution is 0.628. The van der Waals surface area contributed by atoms with E-state index in [2.05, 4.69) is 15.3 Å². The van der Waals surface area contributed by atoms with Crippen LogP contribution in [0.1, 0.15) is 0 Å². The zero-order valence-electron chi connectivity index (χ0n) is 14.0. The number of hydrogen-bond acceptors (Lipinski definition) is 5. The van der Waals surface area contributed by atoms with Gasteiger partial charge in [-0.15, -0.1) is 5.10 Å².